The first-order valence-corrected chi connectivity index (χ1v) is 12.5. The van der Waals surface area contributed by atoms with E-state index in [2.05, 4.69) is 30.5 Å². The van der Waals surface area contributed by atoms with Crippen LogP contribution >= 0.6 is 11.6 Å². The van der Waals surface area contributed by atoms with E-state index in [9.17, 15) is 9.59 Å². The second-order valence-corrected chi connectivity index (χ2v) is 10.1. The van der Waals surface area contributed by atoms with Crippen molar-refractivity contribution in [3.63, 3.8) is 0 Å². The van der Waals surface area contributed by atoms with Crippen LogP contribution in [0.5, 0.6) is 5.75 Å². The number of nitrogens with zero attached hydrogens (tertiary/aromatic N) is 4. The molecule has 0 spiro atoms. The van der Waals surface area contributed by atoms with Crippen LogP contribution in [0.15, 0.2) is 29.3 Å². The fourth-order valence-corrected chi connectivity index (χ4v) is 3.14. The number of nitrogens with one attached hydrogen (secondary N) is 2. The molecule has 0 atom stereocenters. The number of nitrogen functional groups attached to an aromatic ring is 2. The first-order chi connectivity index (χ1) is 17.8. The van der Waals surface area contributed by atoms with Gasteiger partial charge in [0.2, 0.25) is 5.96 Å². The molecule has 12 nitrogen and oxygen atoms in total. The minimum absolute atomic E-state index is 0.104. The third-order valence-corrected chi connectivity index (χ3v) is 5.12. The highest BCUT2D eigenvalue weighted by Gasteiger charge is 2.21. The average Bonchev–Trinajstić information content (AvgIpc) is 2.80. The molecule has 1 heterocycles. The summed E-state index contributed by atoms with van der Waals surface area (Å²) in [7, 11) is 4.00. The van der Waals surface area contributed by atoms with Crippen molar-refractivity contribution in [1.29, 1.82) is 0 Å². The number of aliphatic imine (C=N–C) groups is 1. The van der Waals surface area contributed by atoms with Crippen LogP contribution in [0.2, 0.25) is 5.15 Å². The van der Waals surface area contributed by atoms with E-state index in [0.717, 1.165) is 25.1 Å². The molecule has 0 fully saturated rings. The van der Waals surface area contributed by atoms with Crippen LogP contribution in [0.3, 0.4) is 0 Å². The molecule has 0 radical (unpaired) electrons. The lowest BCUT2D eigenvalue weighted by molar-refractivity contribution is 0.0561. The lowest BCUT2D eigenvalue weighted by atomic mass is 10.1. The Balaban J connectivity index is 1.96. The summed E-state index contributed by atoms with van der Waals surface area (Å²) in [6.45, 7) is 6.97. The number of amides is 2. The van der Waals surface area contributed by atoms with Gasteiger partial charge in [0.1, 0.15) is 18.0 Å². The summed E-state index contributed by atoms with van der Waals surface area (Å²) in [5.41, 5.74) is 11.5. The predicted molar refractivity (Wildman–Crippen MR) is 148 cm³/mol. The second kappa shape index (κ2) is 14.3. The number of benzene rings is 1. The minimum Gasteiger partial charge on any atom is -0.492 e. The number of guanidine groups is 1. The number of unbranched alkanes of at least 4 members (excludes halogenated alkanes) is 1. The van der Waals surface area contributed by atoms with Crippen molar-refractivity contribution in [2.45, 2.75) is 45.6 Å². The zero-order chi connectivity index (χ0) is 28.3. The zero-order valence-electron chi connectivity index (χ0n) is 22.5. The summed E-state index contributed by atoms with van der Waals surface area (Å²) in [5.74, 6) is -0.359. The highest BCUT2D eigenvalue weighted by atomic mass is 35.5. The van der Waals surface area contributed by atoms with Crippen LogP contribution in [0.1, 0.15) is 49.7 Å². The lowest BCUT2D eigenvalue weighted by Crippen LogP contribution is -2.46. The molecule has 0 saturated heterocycles. The van der Waals surface area contributed by atoms with Gasteiger partial charge in [0.05, 0.1) is 0 Å². The summed E-state index contributed by atoms with van der Waals surface area (Å²) in [6, 6.07) is 7.99. The molecule has 1 aromatic carbocycles. The number of aromatic nitrogens is 2. The Morgan fingerprint density at radius 1 is 1.05 bits per heavy atom. The van der Waals surface area contributed by atoms with Crippen LogP contribution < -0.4 is 26.8 Å². The fraction of sp³-hybridized carbons (Fsp3) is 0.480. The highest BCUT2D eigenvalue weighted by Crippen LogP contribution is 2.17. The quantitative estimate of drug-likeness (QED) is 0.198. The van der Waals surface area contributed by atoms with Gasteiger partial charge in [-0.15, -0.1) is 0 Å². The summed E-state index contributed by atoms with van der Waals surface area (Å²) in [4.78, 5) is 39.1. The Morgan fingerprint density at radius 3 is 2.37 bits per heavy atom. The van der Waals surface area contributed by atoms with Crippen molar-refractivity contribution in [3.05, 3.63) is 40.7 Å². The fourth-order valence-electron chi connectivity index (χ4n) is 3.02. The van der Waals surface area contributed by atoms with E-state index in [1.807, 2.05) is 38.4 Å². The van der Waals surface area contributed by atoms with E-state index in [1.54, 1.807) is 20.8 Å². The number of halogens is 1. The monoisotopic (exact) mass is 548 g/mol. The van der Waals surface area contributed by atoms with Crippen molar-refractivity contribution in [1.82, 2.24) is 25.5 Å². The molecule has 1 aromatic heterocycles. The topological polar surface area (TPSA) is 170 Å². The Morgan fingerprint density at radius 2 is 1.74 bits per heavy atom. The van der Waals surface area contributed by atoms with Gasteiger partial charge in [0.15, 0.2) is 22.5 Å². The summed E-state index contributed by atoms with van der Waals surface area (Å²) >= 11 is 5.87. The van der Waals surface area contributed by atoms with E-state index in [1.165, 1.54) is 5.56 Å². The van der Waals surface area contributed by atoms with Gasteiger partial charge in [-0.05, 0) is 71.8 Å². The third-order valence-electron chi connectivity index (χ3n) is 4.85. The second-order valence-electron chi connectivity index (χ2n) is 9.70. The minimum atomic E-state index is -0.779. The molecule has 6 N–H and O–H groups in total. The Labute approximate surface area is 228 Å². The van der Waals surface area contributed by atoms with Crippen molar-refractivity contribution in [3.8, 4) is 5.75 Å². The van der Waals surface area contributed by atoms with Gasteiger partial charge in [-0.2, -0.15) is 0 Å². The largest absolute Gasteiger partial charge is 0.492 e. The molecule has 2 aromatic rings. The van der Waals surface area contributed by atoms with Crippen LogP contribution in [0.4, 0.5) is 16.4 Å². The predicted octanol–water partition coefficient (Wildman–Crippen LogP) is 2.87. The molecular formula is C25H37ClN8O4. The molecule has 0 bridgehead atoms. The summed E-state index contributed by atoms with van der Waals surface area (Å²) in [5, 5.41) is 4.76. The SMILES string of the molecule is CN(C)CCOc1ccc(CCCCN=C(NC(=O)OC(C)(C)C)NC(=O)c2nc(Cl)c(N)nc2N)cc1. The number of nitrogens with two attached hydrogens (primary N) is 2. The van der Waals surface area contributed by atoms with E-state index in [-0.39, 0.29) is 28.4 Å². The van der Waals surface area contributed by atoms with E-state index >= 15 is 0 Å². The van der Waals surface area contributed by atoms with Crippen LogP contribution in [0.25, 0.3) is 0 Å². The van der Waals surface area contributed by atoms with Crippen LogP contribution in [0, 0.1) is 0 Å². The Bertz CT molecular complexity index is 1120. The van der Waals surface area contributed by atoms with Crippen molar-refractivity contribution in [2.24, 2.45) is 4.99 Å². The van der Waals surface area contributed by atoms with Gasteiger partial charge in [-0.3, -0.25) is 20.4 Å². The number of hydrogen-bond acceptors (Lipinski definition) is 10. The normalized spacial score (nSPS) is 11.8. The molecular weight excluding hydrogens is 512 g/mol. The smallest absolute Gasteiger partial charge is 0.414 e. The molecule has 0 aliphatic rings. The van der Waals surface area contributed by atoms with Gasteiger partial charge in [-0.1, -0.05) is 23.7 Å². The number of alkyl carbamates (subject to hydrolysis) is 1. The molecule has 38 heavy (non-hydrogen) atoms. The zero-order valence-corrected chi connectivity index (χ0v) is 23.3. The summed E-state index contributed by atoms with van der Waals surface area (Å²) < 4.78 is 11.0. The third kappa shape index (κ3) is 11.2. The van der Waals surface area contributed by atoms with Gasteiger partial charge < -0.3 is 25.8 Å². The Kier molecular flexibility index (Phi) is 11.5. The molecule has 0 aliphatic heterocycles. The van der Waals surface area contributed by atoms with Gasteiger partial charge in [0.25, 0.3) is 5.91 Å². The van der Waals surface area contributed by atoms with Crippen molar-refractivity contribution >= 4 is 41.2 Å². The van der Waals surface area contributed by atoms with Gasteiger partial charge >= 0.3 is 6.09 Å². The molecule has 13 heteroatoms. The van der Waals surface area contributed by atoms with E-state index in [0.29, 0.717) is 19.6 Å². The number of carbonyl (C=O) groups excluding carboxylic acids is 2. The molecule has 2 amide bonds. The maximum atomic E-state index is 12.7. The molecule has 0 saturated carbocycles. The van der Waals surface area contributed by atoms with Crippen molar-refractivity contribution < 1.29 is 19.1 Å². The Hall–Kier alpha value is -3.64. The van der Waals surface area contributed by atoms with Crippen LogP contribution in [-0.4, -0.2) is 72.2 Å². The van der Waals surface area contributed by atoms with Gasteiger partial charge in [0, 0.05) is 13.1 Å². The first kappa shape index (κ1) is 30.6. The van der Waals surface area contributed by atoms with Crippen molar-refractivity contribution in [2.75, 3.05) is 45.3 Å². The number of ether oxygens (including phenoxy) is 2. The number of hydrogen-bond donors (Lipinski definition) is 4. The average molecular weight is 549 g/mol. The summed E-state index contributed by atoms with van der Waals surface area (Å²) in [6.07, 6.45) is 1.60. The molecule has 2 rings (SSSR count). The van der Waals surface area contributed by atoms with Crippen LogP contribution in [-0.2, 0) is 11.2 Å². The first-order valence-electron chi connectivity index (χ1n) is 12.1. The van der Waals surface area contributed by atoms with Gasteiger partial charge in [-0.25, -0.2) is 14.8 Å². The number of carbonyl (C=O) groups is 2. The molecule has 0 aliphatic carbocycles. The lowest BCUT2D eigenvalue weighted by Gasteiger charge is -2.20. The number of likely N-dealkylation sites (N-methyl/N-ethyl adjacent to an activating group) is 1. The molecule has 208 valence electrons. The number of aryl methyl sites for hydroxylation is 1. The van der Waals surface area contributed by atoms with E-state index in [4.69, 9.17) is 32.5 Å². The number of rotatable bonds is 10. The van der Waals surface area contributed by atoms with E-state index < -0.39 is 17.6 Å². The number of anilines is 2. The maximum Gasteiger partial charge on any atom is 0.414 e. The molecule has 0 unspecified atom stereocenters. The highest BCUT2D eigenvalue weighted by molar-refractivity contribution is 6.31. The maximum absolute atomic E-state index is 12.7. The standard InChI is InChI=1S/C25H37ClN8O4/c1-25(2,3)38-24(36)33-23(32-22(35)18-20(27)31-21(28)19(26)30-18)29-13-7-6-8-16-9-11-17(12-10-16)37-15-14-34(4)5/h9-12H,6-8,13-15H2,1-5H3,(H4,27,28,31)(H2,29,32,33,35,36).